The van der Waals surface area contributed by atoms with E-state index in [2.05, 4.69) is 17.4 Å². The Labute approximate surface area is 159 Å². The van der Waals surface area contributed by atoms with Gasteiger partial charge in [-0.25, -0.2) is 0 Å². The average molecular weight is 361 g/mol. The monoisotopic (exact) mass is 361 g/mol. The fourth-order valence-electron chi connectivity index (χ4n) is 2.84. The lowest BCUT2D eigenvalue weighted by Gasteiger charge is -2.13. The summed E-state index contributed by atoms with van der Waals surface area (Å²) in [6.45, 7) is 2.43. The van der Waals surface area contributed by atoms with Gasteiger partial charge in [0.2, 0.25) is 5.91 Å². The third kappa shape index (κ3) is 4.88. The van der Waals surface area contributed by atoms with E-state index in [1.54, 1.807) is 19.2 Å². The molecule has 1 amide bonds. The van der Waals surface area contributed by atoms with E-state index in [0.717, 1.165) is 16.7 Å². The van der Waals surface area contributed by atoms with Crippen molar-refractivity contribution in [1.82, 2.24) is 0 Å². The van der Waals surface area contributed by atoms with Gasteiger partial charge >= 0.3 is 0 Å². The molecule has 0 atom stereocenters. The largest absolute Gasteiger partial charge is 0.497 e. The average Bonchev–Trinajstić information content (AvgIpc) is 2.70. The Morgan fingerprint density at radius 2 is 1.63 bits per heavy atom. The molecule has 4 heteroatoms. The molecular formula is C23H23NO3. The molecule has 0 radical (unpaired) electrons. The van der Waals surface area contributed by atoms with Crippen LogP contribution >= 0.6 is 0 Å². The summed E-state index contributed by atoms with van der Waals surface area (Å²) in [6, 6.07) is 23.6. The molecule has 0 aliphatic carbocycles. The maximum atomic E-state index is 12.5. The summed E-state index contributed by atoms with van der Waals surface area (Å²) in [6.07, 6.45) is 0.290. The van der Waals surface area contributed by atoms with Crippen LogP contribution < -0.4 is 14.8 Å². The smallest absolute Gasteiger partial charge is 0.228 e. The highest BCUT2D eigenvalue weighted by Crippen LogP contribution is 2.29. The van der Waals surface area contributed by atoms with Crippen molar-refractivity contribution in [3.63, 3.8) is 0 Å². The summed E-state index contributed by atoms with van der Waals surface area (Å²) in [5.74, 6) is 1.20. The highest BCUT2D eigenvalue weighted by molar-refractivity contribution is 5.94. The van der Waals surface area contributed by atoms with Crippen molar-refractivity contribution in [1.29, 1.82) is 0 Å². The molecular weight excluding hydrogens is 338 g/mol. The number of amides is 1. The number of ether oxygens (including phenoxy) is 2. The normalized spacial score (nSPS) is 10.3. The second-order valence-electron chi connectivity index (χ2n) is 6.08. The second-order valence-corrected chi connectivity index (χ2v) is 6.08. The molecule has 3 rings (SSSR count). The molecule has 0 unspecified atom stereocenters. The SMILES string of the molecule is CCOc1ccc(OC)cc1NC(=O)Cc1ccc(-c2ccccc2)cc1. The Balaban J connectivity index is 1.69. The van der Waals surface area contributed by atoms with Crippen molar-refractivity contribution in [2.24, 2.45) is 0 Å². The zero-order chi connectivity index (χ0) is 19.1. The van der Waals surface area contributed by atoms with Crippen LogP contribution in [0.15, 0.2) is 72.8 Å². The number of carbonyl (C=O) groups excluding carboxylic acids is 1. The molecule has 0 aliphatic heterocycles. The maximum absolute atomic E-state index is 12.5. The van der Waals surface area contributed by atoms with E-state index in [9.17, 15) is 4.79 Å². The summed E-state index contributed by atoms with van der Waals surface area (Å²) in [5, 5.41) is 2.92. The van der Waals surface area contributed by atoms with Gasteiger partial charge in [0.15, 0.2) is 0 Å². The molecule has 0 aliphatic rings. The Kier molecular flexibility index (Phi) is 6.10. The van der Waals surface area contributed by atoms with Crippen molar-refractivity contribution in [2.75, 3.05) is 19.0 Å². The highest BCUT2D eigenvalue weighted by Gasteiger charge is 2.10. The third-order valence-electron chi connectivity index (χ3n) is 4.19. The summed E-state index contributed by atoms with van der Waals surface area (Å²) < 4.78 is 10.8. The van der Waals surface area contributed by atoms with Crippen LogP contribution in [0, 0.1) is 0 Å². The Morgan fingerprint density at radius 3 is 2.30 bits per heavy atom. The van der Waals surface area contributed by atoms with Gasteiger partial charge in [0.1, 0.15) is 11.5 Å². The lowest BCUT2D eigenvalue weighted by Crippen LogP contribution is -2.15. The Morgan fingerprint density at radius 1 is 0.926 bits per heavy atom. The van der Waals surface area contributed by atoms with E-state index in [-0.39, 0.29) is 12.3 Å². The number of anilines is 1. The fraction of sp³-hybridized carbons (Fsp3) is 0.174. The molecule has 0 fully saturated rings. The van der Waals surface area contributed by atoms with Crippen LogP contribution in [0.25, 0.3) is 11.1 Å². The topological polar surface area (TPSA) is 47.6 Å². The number of methoxy groups -OCH3 is 1. The van der Waals surface area contributed by atoms with Gasteiger partial charge in [0, 0.05) is 6.07 Å². The van der Waals surface area contributed by atoms with Gasteiger partial charge in [0.05, 0.1) is 25.8 Å². The molecule has 0 saturated heterocycles. The summed E-state index contributed by atoms with van der Waals surface area (Å²) in [4.78, 5) is 12.5. The molecule has 0 saturated carbocycles. The van der Waals surface area contributed by atoms with Crippen molar-refractivity contribution in [3.8, 4) is 22.6 Å². The van der Waals surface area contributed by atoms with Crippen molar-refractivity contribution >= 4 is 11.6 Å². The number of hydrogen-bond donors (Lipinski definition) is 1. The van der Waals surface area contributed by atoms with Crippen molar-refractivity contribution in [3.05, 3.63) is 78.4 Å². The van der Waals surface area contributed by atoms with Gasteiger partial charge in [-0.1, -0.05) is 54.6 Å². The molecule has 3 aromatic carbocycles. The number of rotatable bonds is 7. The van der Waals surface area contributed by atoms with Gasteiger partial charge in [0.25, 0.3) is 0 Å². The first-order chi connectivity index (χ1) is 13.2. The van der Waals surface area contributed by atoms with Gasteiger partial charge in [-0.2, -0.15) is 0 Å². The minimum Gasteiger partial charge on any atom is -0.497 e. The van der Waals surface area contributed by atoms with Crippen LogP contribution in [0.2, 0.25) is 0 Å². The number of carbonyl (C=O) groups is 1. The number of hydrogen-bond acceptors (Lipinski definition) is 3. The van der Waals surface area contributed by atoms with Crippen LogP contribution in [0.5, 0.6) is 11.5 Å². The number of nitrogens with one attached hydrogen (secondary N) is 1. The molecule has 3 aromatic rings. The highest BCUT2D eigenvalue weighted by atomic mass is 16.5. The first-order valence-corrected chi connectivity index (χ1v) is 8.94. The van der Waals surface area contributed by atoms with Crippen LogP contribution in [-0.2, 0) is 11.2 Å². The van der Waals surface area contributed by atoms with Gasteiger partial charge < -0.3 is 14.8 Å². The molecule has 0 heterocycles. The second kappa shape index (κ2) is 8.90. The molecule has 0 aromatic heterocycles. The summed E-state index contributed by atoms with van der Waals surface area (Å²) in [7, 11) is 1.59. The fourth-order valence-corrected chi connectivity index (χ4v) is 2.84. The van der Waals surface area contributed by atoms with Crippen LogP contribution in [0.1, 0.15) is 12.5 Å². The maximum Gasteiger partial charge on any atom is 0.228 e. The van der Waals surface area contributed by atoms with Crippen LogP contribution in [0.3, 0.4) is 0 Å². The van der Waals surface area contributed by atoms with Crippen molar-refractivity contribution < 1.29 is 14.3 Å². The minimum atomic E-state index is -0.100. The van der Waals surface area contributed by atoms with E-state index in [1.807, 2.05) is 55.5 Å². The Bertz CT molecular complexity index is 889. The lowest BCUT2D eigenvalue weighted by molar-refractivity contribution is -0.115. The van der Waals surface area contributed by atoms with E-state index >= 15 is 0 Å². The zero-order valence-corrected chi connectivity index (χ0v) is 15.6. The van der Waals surface area contributed by atoms with Gasteiger partial charge in [-0.3, -0.25) is 4.79 Å². The quantitative estimate of drug-likeness (QED) is 0.648. The first kappa shape index (κ1) is 18.5. The molecule has 0 spiro atoms. The lowest BCUT2D eigenvalue weighted by atomic mass is 10.0. The predicted octanol–water partition coefficient (Wildman–Crippen LogP) is 4.94. The minimum absolute atomic E-state index is 0.100. The third-order valence-corrected chi connectivity index (χ3v) is 4.19. The first-order valence-electron chi connectivity index (χ1n) is 8.94. The Hall–Kier alpha value is -3.27. The molecule has 27 heavy (non-hydrogen) atoms. The molecule has 4 nitrogen and oxygen atoms in total. The van der Waals surface area contributed by atoms with Gasteiger partial charge in [-0.05, 0) is 35.7 Å². The van der Waals surface area contributed by atoms with E-state index in [1.165, 1.54) is 0 Å². The molecule has 0 bridgehead atoms. The van der Waals surface area contributed by atoms with E-state index < -0.39 is 0 Å². The zero-order valence-electron chi connectivity index (χ0n) is 15.6. The van der Waals surface area contributed by atoms with Gasteiger partial charge in [-0.15, -0.1) is 0 Å². The van der Waals surface area contributed by atoms with E-state index in [0.29, 0.717) is 23.8 Å². The standard InChI is InChI=1S/C23H23NO3/c1-3-27-22-14-13-20(26-2)16-21(22)24-23(25)15-17-9-11-19(12-10-17)18-7-5-4-6-8-18/h4-14,16H,3,15H2,1-2H3,(H,24,25). The van der Waals surface area contributed by atoms with Crippen molar-refractivity contribution in [2.45, 2.75) is 13.3 Å². The van der Waals surface area contributed by atoms with Crippen LogP contribution in [-0.4, -0.2) is 19.6 Å². The molecule has 1 N–H and O–H groups in total. The summed E-state index contributed by atoms with van der Waals surface area (Å²) in [5.41, 5.74) is 3.85. The number of benzene rings is 3. The summed E-state index contributed by atoms with van der Waals surface area (Å²) >= 11 is 0. The predicted molar refractivity (Wildman–Crippen MR) is 108 cm³/mol. The van der Waals surface area contributed by atoms with E-state index in [4.69, 9.17) is 9.47 Å². The molecule has 138 valence electrons. The van der Waals surface area contributed by atoms with Crippen LogP contribution in [0.4, 0.5) is 5.69 Å².